The van der Waals surface area contributed by atoms with Crippen molar-refractivity contribution in [3.63, 3.8) is 0 Å². The number of ether oxygens (including phenoxy) is 1. The van der Waals surface area contributed by atoms with Gasteiger partial charge in [-0.3, -0.25) is 4.99 Å². The average Bonchev–Trinajstić information content (AvgIpc) is 3.13. The van der Waals surface area contributed by atoms with Crippen molar-refractivity contribution in [2.24, 2.45) is 10.7 Å². The van der Waals surface area contributed by atoms with Gasteiger partial charge in [0, 0.05) is 6.04 Å². The number of halogens is 2. The van der Waals surface area contributed by atoms with Crippen LogP contribution in [-0.4, -0.2) is 30.1 Å². The van der Waals surface area contributed by atoms with Crippen molar-refractivity contribution < 1.29 is 13.5 Å². The molecule has 1 aromatic carbocycles. The number of hydrogen-bond donors (Lipinski definition) is 1. The van der Waals surface area contributed by atoms with Crippen molar-refractivity contribution in [3.05, 3.63) is 29.8 Å². The fraction of sp³-hybridized carbons (Fsp3) is 0.462. The van der Waals surface area contributed by atoms with Gasteiger partial charge >= 0.3 is 6.61 Å². The zero-order valence-electron chi connectivity index (χ0n) is 10.3. The Bertz CT molecular complexity index is 485. The molecule has 1 aromatic rings. The minimum absolute atomic E-state index is 0.119. The van der Waals surface area contributed by atoms with E-state index in [1.54, 1.807) is 24.3 Å². The SMILES string of the molecule is NC1=NCC(c2ccc(OC(F)F)cc2)N1C1CC1. The van der Waals surface area contributed by atoms with Crippen LogP contribution < -0.4 is 10.5 Å². The van der Waals surface area contributed by atoms with Gasteiger partial charge in [0.1, 0.15) is 5.75 Å². The Kier molecular flexibility index (Phi) is 3.00. The summed E-state index contributed by atoms with van der Waals surface area (Å²) in [6.45, 7) is -2.17. The highest BCUT2D eigenvalue weighted by Crippen LogP contribution is 2.37. The van der Waals surface area contributed by atoms with Gasteiger partial charge in [-0.25, -0.2) is 0 Å². The van der Waals surface area contributed by atoms with E-state index in [0.717, 1.165) is 18.4 Å². The van der Waals surface area contributed by atoms with Crippen molar-refractivity contribution in [3.8, 4) is 5.75 Å². The Morgan fingerprint density at radius 3 is 2.53 bits per heavy atom. The van der Waals surface area contributed by atoms with Crippen molar-refractivity contribution in [1.29, 1.82) is 0 Å². The molecule has 1 aliphatic heterocycles. The van der Waals surface area contributed by atoms with Crippen LogP contribution in [0.3, 0.4) is 0 Å². The normalized spacial score (nSPS) is 22.8. The molecule has 102 valence electrons. The van der Waals surface area contributed by atoms with E-state index < -0.39 is 6.61 Å². The highest BCUT2D eigenvalue weighted by molar-refractivity contribution is 5.81. The molecule has 1 aliphatic carbocycles. The molecule has 1 saturated carbocycles. The van der Waals surface area contributed by atoms with E-state index in [4.69, 9.17) is 5.73 Å². The first-order valence-electron chi connectivity index (χ1n) is 6.28. The summed E-state index contributed by atoms with van der Waals surface area (Å²) in [5.41, 5.74) is 6.92. The van der Waals surface area contributed by atoms with Gasteiger partial charge in [-0.1, -0.05) is 12.1 Å². The summed E-state index contributed by atoms with van der Waals surface area (Å²) < 4.78 is 28.5. The predicted octanol–water partition coefficient (Wildman–Crippen LogP) is 2.12. The van der Waals surface area contributed by atoms with E-state index in [0.29, 0.717) is 18.5 Å². The quantitative estimate of drug-likeness (QED) is 0.909. The molecule has 6 heteroatoms. The van der Waals surface area contributed by atoms with Crippen LogP contribution >= 0.6 is 0 Å². The molecule has 0 radical (unpaired) electrons. The first-order chi connectivity index (χ1) is 9.15. The van der Waals surface area contributed by atoms with Crippen molar-refractivity contribution in [2.45, 2.75) is 31.5 Å². The van der Waals surface area contributed by atoms with E-state index >= 15 is 0 Å². The molecule has 1 unspecified atom stereocenters. The maximum absolute atomic E-state index is 12.1. The third kappa shape index (κ3) is 2.47. The minimum Gasteiger partial charge on any atom is -0.435 e. The van der Waals surface area contributed by atoms with E-state index in [1.165, 1.54) is 0 Å². The lowest BCUT2D eigenvalue weighted by Crippen LogP contribution is -2.37. The lowest BCUT2D eigenvalue weighted by Gasteiger charge is -2.26. The molecule has 2 N–H and O–H groups in total. The van der Waals surface area contributed by atoms with Crippen molar-refractivity contribution in [1.82, 2.24) is 4.90 Å². The summed E-state index contributed by atoms with van der Waals surface area (Å²) in [7, 11) is 0. The molecule has 0 aromatic heterocycles. The smallest absolute Gasteiger partial charge is 0.387 e. The number of alkyl halides is 2. The van der Waals surface area contributed by atoms with E-state index in [-0.39, 0.29) is 11.8 Å². The Hall–Kier alpha value is -1.85. The van der Waals surface area contributed by atoms with Gasteiger partial charge in [0.2, 0.25) is 0 Å². The first-order valence-corrected chi connectivity index (χ1v) is 6.28. The molecule has 1 atom stereocenters. The molecular weight excluding hydrogens is 252 g/mol. The maximum Gasteiger partial charge on any atom is 0.387 e. The molecule has 2 aliphatic rings. The van der Waals surface area contributed by atoms with Gasteiger partial charge in [-0.15, -0.1) is 0 Å². The Labute approximate surface area is 109 Å². The number of aliphatic imine (C=N–C) groups is 1. The maximum atomic E-state index is 12.1. The van der Waals surface area contributed by atoms with Crippen molar-refractivity contribution >= 4 is 5.96 Å². The van der Waals surface area contributed by atoms with Gasteiger partial charge in [0.15, 0.2) is 5.96 Å². The Morgan fingerprint density at radius 2 is 1.95 bits per heavy atom. The number of benzene rings is 1. The molecule has 0 saturated heterocycles. The number of hydrogen-bond acceptors (Lipinski definition) is 4. The van der Waals surface area contributed by atoms with Crippen LogP contribution in [0.4, 0.5) is 8.78 Å². The number of rotatable bonds is 4. The van der Waals surface area contributed by atoms with Crippen LogP contribution in [0.1, 0.15) is 24.4 Å². The van der Waals surface area contributed by atoms with Gasteiger partial charge in [-0.05, 0) is 30.5 Å². The topological polar surface area (TPSA) is 50.9 Å². The molecule has 0 bridgehead atoms. The van der Waals surface area contributed by atoms with Gasteiger partial charge in [0.25, 0.3) is 0 Å². The fourth-order valence-corrected chi connectivity index (χ4v) is 2.44. The van der Waals surface area contributed by atoms with Crippen molar-refractivity contribution in [2.75, 3.05) is 6.54 Å². The minimum atomic E-state index is -2.79. The zero-order valence-corrected chi connectivity index (χ0v) is 10.3. The molecule has 3 rings (SSSR count). The van der Waals surface area contributed by atoms with Gasteiger partial charge in [0.05, 0.1) is 12.6 Å². The molecule has 1 heterocycles. The number of guanidine groups is 1. The molecule has 0 amide bonds. The lowest BCUT2D eigenvalue weighted by atomic mass is 10.1. The second-order valence-electron chi connectivity index (χ2n) is 4.80. The van der Waals surface area contributed by atoms with Gasteiger partial charge < -0.3 is 15.4 Å². The van der Waals surface area contributed by atoms with Crippen LogP contribution in [-0.2, 0) is 0 Å². The Balaban J connectivity index is 1.75. The first kappa shape index (κ1) is 12.2. The second-order valence-corrected chi connectivity index (χ2v) is 4.80. The second kappa shape index (κ2) is 4.68. The van der Waals surface area contributed by atoms with Crippen LogP contribution in [0.5, 0.6) is 5.75 Å². The number of nitrogens with two attached hydrogens (primary N) is 1. The van der Waals surface area contributed by atoms with E-state index in [1.807, 2.05) is 0 Å². The van der Waals surface area contributed by atoms with E-state index in [2.05, 4.69) is 14.6 Å². The van der Waals surface area contributed by atoms with Crippen LogP contribution in [0, 0.1) is 0 Å². The van der Waals surface area contributed by atoms with Crippen LogP contribution in [0.15, 0.2) is 29.3 Å². The Morgan fingerprint density at radius 1 is 1.26 bits per heavy atom. The average molecular weight is 267 g/mol. The fourth-order valence-electron chi connectivity index (χ4n) is 2.44. The molecule has 19 heavy (non-hydrogen) atoms. The summed E-state index contributed by atoms with van der Waals surface area (Å²) >= 11 is 0. The third-order valence-electron chi connectivity index (χ3n) is 3.46. The van der Waals surface area contributed by atoms with Gasteiger partial charge in [-0.2, -0.15) is 8.78 Å². The molecular formula is C13H15F2N3O. The van der Waals surface area contributed by atoms with Crippen LogP contribution in [0.25, 0.3) is 0 Å². The highest BCUT2D eigenvalue weighted by Gasteiger charge is 2.38. The summed E-state index contributed by atoms with van der Waals surface area (Å²) in [5.74, 6) is 0.754. The highest BCUT2D eigenvalue weighted by atomic mass is 19.3. The molecule has 4 nitrogen and oxygen atoms in total. The zero-order chi connectivity index (χ0) is 13.4. The molecule has 1 fully saturated rings. The summed E-state index contributed by atoms with van der Waals surface area (Å²) in [6.07, 6.45) is 2.28. The summed E-state index contributed by atoms with van der Waals surface area (Å²) in [5, 5.41) is 0. The van der Waals surface area contributed by atoms with Crippen LogP contribution in [0.2, 0.25) is 0 Å². The monoisotopic (exact) mass is 267 g/mol. The summed E-state index contributed by atoms with van der Waals surface area (Å²) in [6, 6.07) is 7.31. The molecule has 0 spiro atoms. The number of nitrogens with zero attached hydrogens (tertiary/aromatic N) is 2. The standard InChI is InChI=1S/C13H15F2N3O/c14-12(15)19-10-5-1-8(2-6-10)11-7-17-13(16)18(11)9-3-4-9/h1-2,5-6,9,11-12H,3-4,7H2,(H2,16,17). The third-order valence-corrected chi connectivity index (χ3v) is 3.46. The largest absolute Gasteiger partial charge is 0.435 e. The van der Waals surface area contributed by atoms with E-state index in [9.17, 15) is 8.78 Å². The lowest BCUT2D eigenvalue weighted by molar-refractivity contribution is -0.0498. The summed E-state index contributed by atoms with van der Waals surface area (Å²) in [4.78, 5) is 6.40. The predicted molar refractivity (Wildman–Crippen MR) is 67.2 cm³/mol.